The largest absolute Gasteiger partial charge is 0.359 e. The molecule has 2 N–H and O–H groups in total. The van der Waals surface area contributed by atoms with Crippen LogP contribution in [0.4, 0.5) is 0 Å². The lowest BCUT2D eigenvalue weighted by Gasteiger charge is -2.14. The maximum absolute atomic E-state index is 5.31. The van der Waals surface area contributed by atoms with E-state index in [1.165, 1.54) is 5.56 Å². The van der Waals surface area contributed by atoms with Crippen LogP contribution >= 0.6 is 11.3 Å². The van der Waals surface area contributed by atoms with E-state index in [-0.39, 0.29) is 0 Å². The number of aromatic nitrogens is 1. The highest BCUT2D eigenvalue weighted by Gasteiger charge is 2.09. The van der Waals surface area contributed by atoms with Gasteiger partial charge in [-0.3, -0.25) is 4.99 Å². The Bertz CT molecular complexity index is 589. The third kappa shape index (κ3) is 4.59. The molecule has 5 nitrogen and oxygen atoms in total. The van der Waals surface area contributed by atoms with Gasteiger partial charge in [-0.1, -0.05) is 25.9 Å². The summed E-state index contributed by atoms with van der Waals surface area (Å²) in [4.78, 5) is 4.23. The second kappa shape index (κ2) is 7.98. The zero-order valence-electron chi connectivity index (χ0n) is 13.6. The molecule has 0 saturated heterocycles. The number of rotatable bonds is 6. The fraction of sp³-hybridized carbons (Fsp3) is 0.500. The van der Waals surface area contributed by atoms with Gasteiger partial charge in [0.25, 0.3) is 0 Å². The Morgan fingerprint density at radius 3 is 2.77 bits per heavy atom. The smallest absolute Gasteiger partial charge is 0.191 e. The normalized spacial score (nSPS) is 13.4. The molecule has 1 unspecified atom stereocenters. The molecule has 0 saturated carbocycles. The maximum Gasteiger partial charge on any atom is 0.191 e. The van der Waals surface area contributed by atoms with Gasteiger partial charge in [0.05, 0.1) is 12.2 Å². The van der Waals surface area contributed by atoms with Crippen LogP contribution in [-0.4, -0.2) is 24.7 Å². The summed E-state index contributed by atoms with van der Waals surface area (Å²) in [6, 6.07) is 4.15. The summed E-state index contributed by atoms with van der Waals surface area (Å²) in [7, 11) is 1.77. The van der Waals surface area contributed by atoms with Crippen LogP contribution in [-0.2, 0) is 6.54 Å². The molecule has 0 fully saturated rings. The number of thiophene rings is 1. The summed E-state index contributed by atoms with van der Waals surface area (Å²) in [6.07, 6.45) is 0. The zero-order chi connectivity index (χ0) is 15.9. The van der Waals surface area contributed by atoms with E-state index in [1.54, 1.807) is 18.4 Å². The Balaban J connectivity index is 1.79. The number of nitrogens with one attached hydrogen (secondary N) is 2. The third-order valence-corrected chi connectivity index (χ3v) is 4.21. The molecule has 120 valence electrons. The Hall–Kier alpha value is -1.82. The molecule has 0 radical (unpaired) electrons. The van der Waals surface area contributed by atoms with Crippen LogP contribution in [0.5, 0.6) is 0 Å². The lowest BCUT2D eigenvalue weighted by atomic mass is 10.1. The average Bonchev–Trinajstić information content (AvgIpc) is 3.18. The molecule has 0 amide bonds. The van der Waals surface area contributed by atoms with Gasteiger partial charge >= 0.3 is 0 Å². The first-order valence-electron chi connectivity index (χ1n) is 7.52. The van der Waals surface area contributed by atoms with E-state index < -0.39 is 0 Å². The fourth-order valence-corrected chi connectivity index (χ4v) is 2.78. The van der Waals surface area contributed by atoms with E-state index in [0.717, 1.165) is 24.0 Å². The molecule has 2 aromatic rings. The van der Waals surface area contributed by atoms with Gasteiger partial charge in [-0.25, -0.2) is 0 Å². The van der Waals surface area contributed by atoms with Crippen molar-refractivity contribution in [2.45, 2.75) is 39.2 Å². The molecule has 2 aromatic heterocycles. The lowest BCUT2D eigenvalue weighted by molar-refractivity contribution is 0.372. The van der Waals surface area contributed by atoms with Gasteiger partial charge in [0.15, 0.2) is 11.7 Å². The molecule has 2 heterocycles. The van der Waals surface area contributed by atoms with E-state index in [2.05, 4.69) is 58.4 Å². The maximum atomic E-state index is 5.31. The Morgan fingerprint density at radius 1 is 1.36 bits per heavy atom. The van der Waals surface area contributed by atoms with Crippen LogP contribution in [0.25, 0.3) is 0 Å². The molecular weight excluding hydrogens is 296 g/mol. The minimum atomic E-state index is 0.376. The van der Waals surface area contributed by atoms with Crippen molar-refractivity contribution in [2.24, 2.45) is 4.99 Å². The average molecular weight is 320 g/mol. The quantitative estimate of drug-likeness (QED) is 0.633. The first kappa shape index (κ1) is 16.5. The van der Waals surface area contributed by atoms with E-state index in [4.69, 9.17) is 4.52 Å². The molecular formula is C16H24N4OS. The van der Waals surface area contributed by atoms with Crippen molar-refractivity contribution >= 4 is 17.3 Å². The van der Waals surface area contributed by atoms with Crippen molar-refractivity contribution < 1.29 is 4.52 Å². The Kier molecular flexibility index (Phi) is 6.00. The number of guanidine groups is 1. The zero-order valence-corrected chi connectivity index (χ0v) is 14.4. The van der Waals surface area contributed by atoms with Crippen LogP contribution in [0.3, 0.4) is 0 Å². The van der Waals surface area contributed by atoms with Crippen molar-refractivity contribution in [3.63, 3.8) is 0 Å². The van der Waals surface area contributed by atoms with Gasteiger partial charge in [0.1, 0.15) is 0 Å². The molecule has 1 atom stereocenters. The van der Waals surface area contributed by atoms with Crippen LogP contribution < -0.4 is 10.6 Å². The van der Waals surface area contributed by atoms with Gasteiger partial charge in [0, 0.05) is 19.7 Å². The number of aliphatic imine (C=N–C) groups is 1. The summed E-state index contributed by atoms with van der Waals surface area (Å²) < 4.78 is 5.31. The highest BCUT2D eigenvalue weighted by Crippen LogP contribution is 2.17. The van der Waals surface area contributed by atoms with Gasteiger partial charge in [-0.05, 0) is 34.2 Å². The van der Waals surface area contributed by atoms with Crippen LogP contribution in [0.2, 0.25) is 0 Å². The molecule has 22 heavy (non-hydrogen) atoms. The van der Waals surface area contributed by atoms with Crippen molar-refractivity contribution in [1.29, 1.82) is 0 Å². The standard InChI is InChI=1S/C16H24N4OS/c1-11(2)15-7-14(21-20-15)9-19-16(17-4)18-8-12(3)13-5-6-22-10-13/h5-7,10-12H,8-9H2,1-4H3,(H2,17,18,19). The molecule has 0 aliphatic heterocycles. The summed E-state index contributed by atoms with van der Waals surface area (Å²) in [6.45, 7) is 7.81. The first-order chi connectivity index (χ1) is 10.6. The van der Waals surface area contributed by atoms with Crippen LogP contribution in [0.1, 0.15) is 49.6 Å². The monoisotopic (exact) mass is 320 g/mol. The first-order valence-corrected chi connectivity index (χ1v) is 8.46. The van der Waals surface area contributed by atoms with Crippen LogP contribution in [0, 0.1) is 0 Å². The topological polar surface area (TPSA) is 62.5 Å². The second-order valence-corrected chi connectivity index (χ2v) is 6.42. The van der Waals surface area contributed by atoms with Crippen molar-refractivity contribution in [1.82, 2.24) is 15.8 Å². The number of hydrogen-bond donors (Lipinski definition) is 2. The highest BCUT2D eigenvalue weighted by molar-refractivity contribution is 7.07. The van der Waals surface area contributed by atoms with Crippen molar-refractivity contribution in [3.05, 3.63) is 39.9 Å². The Morgan fingerprint density at radius 2 is 2.18 bits per heavy atom. The van der Waals surface area contributed by atoms with E-state index >= 15 is 0 Å². The molecule has 0 aliphatic carbocycles. The lowest BCUT2D eigenvalue weighted by Crippen LogP contribution is -2.38. The highest BCUT2D eigenvalue weighted by atomic mass is 32.1. The SMILES string of the molecule is CN=C(NCc1cc(C(C)C)no1)NCC(C)c1ccsc1. The van der Waals surface area contributed by atoms with Gasteiger partial charge in [-0.2, -0.15) is 11.3 Å². The second-order valence-electron chi connectivity index (χ2n) is 5.64. The summed E-state index contributed by atoms with van der Waals surface area (Å²) in [5.41, 5.74) is 2.33. The predicted molar refractivity (Wildman–Crippen MR) is 91.5 cm³/mol. The van der Waals surface area contributed by atoms with Crippen molar-refractivity contribution in [3.8, 4) is 0 Å². The van der Waals surface area contributed by atoms with Gasteiger partial charge in [0.2, 0.25) is 0 Å². The summed E-state index contributed by atoms with van der Waals surface area (Å²) in [5.74, 6) is 2.41. The number of hydrogen-bond acceptors (Lipinski definition) is 4. The minimum Gasteiger partial charge on any atom is -0.359 e. The molecule has 0 bridgehead atoms. The molecule has 2 rings (SSSR count). The van der Waals surface area contributed by atoms with E-state index in [0.29, 0.717) is 18.4 Å². The van der Waals surface area contributed by atoms with E-state index in [9.17, 15) is 0 Å². The van der Waals surface area contributed by atoms with Gasteiger partial charge < -0.3 is 15.2 Å². The summed E-state index contributed by atoms with van der Waals surface area (Å²) in [5, 5.41) is 14.9. The molecule has 0 aromatic carbocycles. The number of nitrogens with zero attached hydrogens (tertiary/aromatic N) is 2. The molecule has 6 heteroatoms. The minimum absolute atomic E-state index is 0.376. The predicted octanol–water partition coefficient (Wildman–Crippen LogP) is 3.33. The molecule has 0 aliphatic rings. The third-order valence-electron chi connectivity index (χ3n) is 3.51. The van der Waals surface area contributed by atoms with E-state index in [1.807, 2.05) is 6.07 Å². The summed E-state index contributed by atoms with van der Waals surface area (Å²) >= 11 is 1.73. The Labute approximate surface area is 135 Å². The van der Waals surface area contributed by atoms with Gasteiger partial charge in [-0.15, -0.1) is 0 Å². The van der Waals surface area contributed by atoms with Crippen LogP contribution in [0.15, 0.2) is 32.4 Å². The fourth-order valence-electron chi connectivity index (χ4n) is 2.00. The molecule has 0 spiro atoms. The van der Waals surface area contributed by atoms with Crippen molar-refractivity contribution in [2.75, 3.05) is 13.6 Å².